The van der Waals surface area contributed by atoms with Gasteiger partial charge in [-0.2, -0.15) is 0 Å². The number of ether oxygens (including phenoxy) is 2. The first-order chi connectivity index (χ1) is 16.9. The van der Waals surface area contributed by atoms with Crippen LogP contribution in [0.3, 0.4) is 0 Å². The predicted molar refractivity (Wildman–Crippen MR) is 134 cm³/mol. The Hall–Kier alpha value is -4.26. The maximum Gasteiger partial charge on any atom is 0.307 e. The van der Waals surface area contributed by atoms with Gasteiger partial charge in [-0.05, 0) is 55.0 Å². The van der Waals surface area contributed by atoms with E-state index in [2.05, 4.69) is 4.90 Å². The Labute approximate surface area is 203 Å². The first-order valence-electron chi connectivity index (χ1n) is 11.5. The lowest BCUT2D eigenvalue weighted by Gasteiger charge is -2.33. The van der Waals surface area contributed by atoms with Gasteiger partial charge in [0, 0.05) is 23.7 Å². The number of hydrogen-bond acceptors (Lipinski definition) is 5. The third-order valence-electron chi connectivity index (χ3n) is 6.36. The topological polar surface area (TPSA) is 81.0 Å². The van der Waals surface area contributed by atoms with Gasteiger partial charge in [0.25, 0.3) is 5.91 Å². The molecule has 1 aliphatic heterocycles. The highest BCUT2D eigenvalue weighted by atomic mass is 16.5. The minimum atomic E-state index is -0.929. The number of fused-ring (bicyclic) bond motifs is 2. The number of carboxylic acid groups (broad SMARTS) is 1. The van der Waals surface area contributed by atoms with E-state index in [1.807, 2.05) is 55.6 Å². The van der Waals surface area contributed by atoms with Crippen LogP contribution >= 0.6 is 0 Å². The van der Waals surface area contributed by atoms with Crippen LogP contribution in [0.15, 0.2) is 72.8 Å². The quantitative estimate of drug-likeness (QED) is 0.446. The molecule has 5 rings (SSSR count). The van der Waals surface area contributed by atoms with E-state index in [1.54, 1.807) is 35.8 Å². The molecule has 178 valence electrons. The lowest BCUT2D eigenvalue weighted by Crippen LogP contribution is -2.41. The zero-order valence-corrected chi connectivity index (χ0v) is 19.6. The Balaban J connectivity index is 1.32. The fourth-order valence-electron chi connectivity index (χ4n) is 4.66. The number of carboxylic acids is 1. The molecule has 1 atom stereocenters. The monoisotopic (exact) mass is 470 g/mol. The highest BCUT2D eigenvalue weighted by Gasteiger charge is 2.24. The fourth-order valence-corrected chi connectivity index (χ4v) is 4.66. The molecule has 0 aliphatic carbocycles. The lowest BCUT2D eigenvalue weighted by atomic mass is 10.1. The molecule has 35 heavy (non-hydrogen) atoms. The second-order valence-electron chi connectivity index (χ2n) is 8.72. The molecular formula is C28H26N2O5. The molecule has 0 amide bonds. The van der Waals surface area contributed by atoms with Gasteiger partial charge in [0.05, 0.1) is 24.2 Å². The summed E-state index contributed by atoms with van der Waals surface area (Å²) >= 11 is 0. The number of anilines is 1. The summed E-state index contributed by atoms with van der Waals surface area (Å²) in [4.78, 5) is 26.9. The molecule has 1 aliphatic rings. The normalized spacial score (nSPS) is 14.9. The number of para-hydroxylation sites is 3. The van der Waals surface area contributed by atoms with Crippen molar-refractivity contribution in [1.82, 2.24) is 4.57 Å². The van der Waals surface area contributed by atoms with E-state index in [0.717, 1.165) is 16.8 Å². The standard InChI is InChI=1S/C28H26N2O5/c1-18-23(15-27(31)32)22-7-3-4-8-24(22)30(18)28(33)19-11-13-20(14-12-19)34-17-21-16-29(2)25-9-5-6-10-26(25)35-21/h3-14,21H,15-17H2,1-2H3,(H,31,32)/t21-/m0/s1. The van der Waals surface area contributed by atoms with Crippen LogP contribution in [0.1, 0.15) is 21.6 Å². The van der Waals surface area contributed by atoms with Gasteiger partial charge < -0.3 is 19.5 Å². The van der Waals surface area contributed by atoms with E-state index >= 15 is 0 Å². The number of benzene rings is 3. The first kappa shape index (κ1) is 22.5. The summed E-state index contributed by atoms with van der Waals surface area (Å²) in [7, 11) is 2.03. The number of rotatable bonds is 6. The number of likely N-dealkylation sites (N-methyl/N-ethyl adjacent to an activating group) is 1. The Morgan fingerprint density at radius 1 is 1.03 bits per heavy atom. The van der Waals surface area contributed by atoms with Crippen LogP contribution in [-0.4, -0.2) is 47.9 Å². The van der Waals surface area contributed by atoms with Gasteiger partial charge in [0.1, 0.15) is 24.2 Å². The summed E-state index contributed by atoms with van der Waals surface area (Å²) in [5.41, 5.74) is 3.54. The van der Waals surface area contributed by atoms with Crippen molar-refractivity contribution in [2.45, 2.75) is 19.4 Å². The Bertz CT molecular complexity index is 1410. The van der Waals surface area contributed by atoms with Crippen molar-refractivity contribution < 1.29 is 24.2 Å². The Kier molecular flexibility index (Phi) is 5.91. The number of aromatic nitrogens is 1. The van der Waals surface area contributed by atoms with E-state index in [4.69, 9.17) is 9.47 Å². The van der Waals surface area contributed by atoms with Crippen molar-refractivity contribution in [3.8, 4) is 11.5 Å². The molecular weight excluding hydrogens is 444 g/mol. The first-order valence-corrected chi connectivity index (χ1v) is 11.5. The van der Waals surface area contributed by atoms with Gasteiger partial charge in [0.2, 0.25) is 0 Å². The zero-order chi connectivity index (χ0) is 24.5. The number of aliphatic carboxylic acids is 1. The molecule has 1 N–H and O–H groups in total. The van der Waals surface area contributed by atoms with E-state index < -0.39 is 5.97 Å². The molecule has 0 unspecified atom stereocenters. The molecule has 0 saturated carbocycles. The largest absolute Gasteiger partial charge is 0.490 e. The average Bonchev–Trinajstić information content (AvgIpc) is 3.13. The minimum Gasteiger partial charge on any atom is -0.490 e. The molecule has 3 aromatic carbocycles. The van der Waals surface area contributed by atoms with Gasteiger partial charge in [-0.1, -0.05) is 30.3 Å². The van der Waals surface area contributed by atoms with Crippen LogP contribution in [0.4, 0.5) is 5.69 Å². The predicted octanol–water partition coefficient (Wildman–Crippen LogP) is 4.54. The molecule has 7 heteroatoms. The second kappa shape index (κ2) is 9.18. The maximum absolute atomic E-state index is 13.4. The maximum atomic E-state index is 13.4. The van der Waals surface area contributed by atoms with Gasteiger partial charge in [-0.15, -0.1) is 0 Å². The van der Waals surface area contributed by atoms with Crippen molar-refractivity contribution in [2.24, 2.45) is 0 Å². The third kappa shape index (κ3) is 4.33. The van der Waals surface area contributed by atoms with E-state index in [-0.39, 0.29) is 18.4 Å². The van der Waals surface area contributed by atoms with Crippen LogP contribution in [0.5, 0.6) is 11.5 Å². The number of nitrogens with zero attached hydrogens (tertiary/aromatic N) is 2. The molecule has 2 heterocycles. The second-order valence-corrected chi connectivity index (χ2v) is 8.72. The number of hydrogen-bond donors (Lipinski definition) is 1. The highest BCUT2D eigenvalue weighted by Crippen LogP contribution is 2.32. The number of carbonyl (C=O) groups excluding carboxylic acids is 1. The lowest BCUT2D eigenvalue weighted by molar-refractivity contribution is -0.136. The summed E-state index contributed by atoms with van der Waals surface area (Å²) in [6, 6.07) is 22.3. The zero-order valence-electron chi connectivity index (χ0n) is 19.6. The van der Waals surface area contributed by atoms with Crippen LogP contribution in [0.25, 0.3) is 10.9 Å². The van der Waals surface area contributed by atoms with Crippen molar-refractivity contribution in [3.63, 3.8) is 0 Å². The number of carbonyl (C=O) groups is 2. The van der Waals surface area contributed by atoms with Gasteiger partial charge in [0.15, 0.2) is 0 Å². The molecule has 0 spiro atoms. The molecule has 0 fully saturated rings. The molecule has 4 aromatic rings. The molecule has 7 nitrogen and oxygen atoms in total. The third-order valence-corrected chi connectivity index (χ3v) is 6.36. The van der Waals surface area contributed by atoms with Crippen molar-refractivity contribution in [2.75, 3.05) is 25.1 Å². The summed E-state index contributed by atoms with van der Waals surface area (Å²) in [6.45, 7) is 2.88. The summed E-state index contributed by atoms with van der Waals surface area (Å²) < 4.78 is 13.6. The highest BCUT2D eigenvalue weighted by molar-refractivity contribution is 6.04. The van der Waals surface area contributed by atoms with Crippen LogP contribution in [0, 0.1) is 6.92 Å². The summed E-state index contributed by atoms with van der Waals surface area (Å²) in [6.07, 6.45) is -0.250. The van der Waals surface area contributed by atoms with E-state index in [9.17, 15) is 14.7 Å². The molecule has 1 aromatic heterocycles. The Morgan fingerprint density at radius 2 is 1.74 bits per heavy atom. The van der Waals surface area contributed by atoms with Crippen molar-refractivity contribution >= 4 is 28.5 Å². The summed E-state index contributed by atoms with van der Waals surface area (Å²) in [5.74, 6) is 0.344. The van der Waals surface area contributed by atoms with Crippen LogP contribution < -0.4 is 14.4 Å². The van der Waals surface area contributed by atoms with Crippen LogP contribution in [-0.2, 0) is 11.2 Å². The van der Waals surface area contributed by atoms with Gasteiger partial charge in [-0.3, -0.25) is 14.2 Å². The minimum absolute atomic E-state index is 0.113. The van der Waals surface area contributed by atoms with Gasteiger partial charge in [-0.25, -0.2) is 0 Å². The molecule has 0 saturated heterocycles. The van der Waals surface area contributed by atoms with Gasteiger partial charge >= 0.3 is 5.97 Å². The van der Waals surface area contributed by atoms with Crippen molar-refractivity contribution in [3.05, 3.63) is 89.6 Å². The van der Waals surface area contributed by atoms with Crippen LogP contribution in [0.2, 0.25) is 0 Å². The fraction of sp³-hybridized carbons (Fsp3) is 0.214. The molecule has 0 radical (unpaired) electrons. The Morgan fingerprint density at radius 3 is 2.51 bits per heavy atom. The smallest absolute Gasteiger partial charge is 0.307 e. The van der Waals surface area contributed by atoms with E-state index in [0.29, 0.717) is 41.2 Å². The molecule has 0 bridgehead atoms. The summed E-state index contributed by atoms with van der Waals surface area (Å²) in [5, 5.41) is 10.1. The van der Waals surface area contributed by atoms with E-state index in [1.165, 1.54) is 0 Å². The SMILES string of the molecule is Cc1c(CC(=O)O)c2ccccc2n1C(=O)c1ccc(OC[C@@H]2CN(C)c3ccccc3O2)cc1. The van der Waals surface area contributed by atoms with Crippen molar-refractivity contribution in [1.29, 1.82) is 0 Å². The average molecular weight is 471 g/mol.